The van der Waals surface area contributed by atoms with Crippen LogP contribution in [0.4, 0.5) is 13.2 Å². The van der Waals surface area contributed by atoms with Crippen molar-refractivity contribution < 1.29 is 13.2 Å². The number of nitrogens with zero attached hydrogens (tertiary/aromatic N) is 2. The Bertz CT molecular complexity index is 652. The minimum Gasteiger partial charge on any atom is -0.324 e. The van der Waals surface area contributed by atoms with Crippen molar-refractivity contribution in [2.24, 2.45) is 0 Å². The summed E-state index contributed by atoms with van der Waals surface area (Å²) in [5.41, 5.74) is 0.540. The third kappa shape index (κ3) is 2.52. The molecule has 0 spiro atoms. The van der Waals surface area contributed by atoms with Crippen LogP contribution in [0.3, 0.4) is 0 Å². The van der Waals surface area contributed by atoms with Crippen LogP contribution in [0.5, 0.6) is 0 Å². The van der Waals surface area contributed by atoms with Gasteiger partial charge in [0, 0.05) is 6.04 Å². The topological polar surface area (TPSA) is 29.9 Å². The standard InChI is InChI=1S/C15H18F3N3/c1-9(2)21-13-6-5-10(15(16,17)18)8-12(13)20-14(21)11-4-3-7-19-11/h5-6,8-9,11,19H,3-4,7H2,1-2H3. The highest BCUT2D eigenvalue weighted by atomic mass is 19.4. The molecular formula is C15H18F3N3. The van der Waals surface area contributed by atoms with Gasteiger partial charge in [-0.05, 0) is 51.4 Å². The summed E-state index contributed by atoms with van der Waals surface area (Å²) in [6.07, 6.45) is -2.29. The Morgan fingerprint density at radius 1 is 1.33 bits per heavy atom. The molecule has 3 rings (SSSR count). The SMILES string of the molecule is CC(C)n1c(C2CCCN2)nc2cc(C(F)(F)F)ccc21. The van der Waals surface area contributed by atoms with Crippen LogP contribution in [0, 0.1) is 0 Å². The molecule has 6 heteroatoms. The summed E-state index contributed by atoms with van der Waals surface area (Å²) < 4.78 is 40.5. The molecule has 1 aliphatic rings. The van der Waals surface area contributed by atoms with Crippen molar-refractivity contribution in [1.29, 1.82) is 0 Å². The molecule has 3 nitrogen and oxygen atoms in total. The van der Waals surface area contributed by atoms with Crippen LogP contribution in [0.2, 0.25) is 0 Å². The van der Waals surface area contributed by atoms with Crippen molar-refractivity contribution in [3.63, 3.8) is 0 Å². The van der Waals surface area contributed by atoms with Crippen LogP contribution in [-0.4, -0.2) is 16.1 Å². The molecule has 1 unspecified atom stereocenters. The minimum absolute atomic E-state index is 0.133. The Kier molecular flexibility index (Phi) is 3.43. The zero-order valence-corrected chi connectivity index (χ0v) is 12.0. The van der Waals surface area contributed by atoms with E-state index in [0.717, 1.165) is 42.9 Å². The number of halogens is 3. The zero-order chi connectivity index (χ0) is 15.2. The summed E-state index contributed by atoms with van der Waals surface area (Å²) in [5.74, 6) is 0.844. The van der Waals surface area contributed by atoms with E-state index in [9.17, 15) is 13.2 Å². The Labute approximate surface area is 121 Å². The van der Waals surface area contributed by atoms with Crippen molar-refractivity contribution in [3.8, 4) is 0 Å². The molecule has 0 bridgehead atoms. The number of aromatic nitrogens is 2. The predicted octanol–water partition coefficient (Wildman–Crippen LogP) is 4.06. The minimum atomic E-state index is -4.33. The lowest BCUT2D eigenvalue weighted by molar-refractivity contribution is -0.137. The Hall–Kier alpha value is -1.56. The fraction of sp³-hybridized carbons (Fsp3) is 0.533. The molecule has 21 heavy (non-hydrogen) atoms. The predicted molar refractivity (Wildman–Crippen MR) is 75.1 cm³/mol. The average Bonchev–Trinajstić information content (AvgIpc) is 3.03. The molecule has 1 saturated heterocycles. The second kappa shape index (κ2) is 5.02. The number of hydrogen-bond donors (Lipinski definition) is 1. The quantitative estimate of drug-likeness (QED) is 0.906. The van der Waals surface area contributed by atoms with Gasteiger partial charge in [0.2, 0.25) is 0 Å². The first kappa shape index (κ1) is 14.4. The van der Waals surface area contributed by atoms with E-state index in [1.807, 2.05) is 18.4 Å². The smallest absolute Gasteiger partial charge is 0.324 e. The van der Waals surface area contributed by atoms with Gasteiger partial charge in [-0.1, -0.05) is 0 Å². The van der Waals surface area contributed by atoms with Gasteiger partial charge in [-0.2, -0.15) is 13.2 Å². The van der Waals surface area contributed by atoms with Crippen molar-refractivity contribution in [3.05, 3.63) is 29.6 Å². The largest absolute Gasteiger partial charge is 0.416 e. The third-order valence-electron chi connectivity index (χ3n) is 3.93. The van der Waals surface area contributed by atoms with E-state index in [1.165, 1.54) is 6.07 Å². The molecule has 1 aliphatic heterocycles. The normalized spacial score (nSPS) is 19.8. The highest BCUT2D eigenvalue weighted by molar-refractivity contribution is 5.77. The summed E-state index contributed by atoms with van der Waals surface area (Å²) in [7, 11) is 0. The molecule has 1 aromatic heterocycles. The molecule has 2 heterocycles. The molecule has 0 radical (unpaired) electrons. The second-order valence-corrected chi connectivity index (χ2v) is 5.78. The van der Waals surface area contributed by atoms with Gasteiger partial charge in [0.05, 0.1) is 22.6 Å². The number of nitrogens with one attached hydrogen (secondary N) is 1. The van der Waals surface area contributed by atoms with Gasteiger partial charge >= 0.3 is 6.18 Å². The monoisotopic (exact) mass is 297 g/mol. The summed E-state index contributed by atoms with van der Waals surface area (Å²) in [5, 5.41) is 3.37. The van der Waals surface area contributed by atoms with E-state index in [0.29, 0.717) is 5.52 Å². The molecule has 0 saturated carbocycles. The van der Waals surface area contributed by atoms with Crippen molar-refractivity contribution in [1.82, 2.24) is 14.9 Å². The molecule has 1 atom stereocenters. The van der Waals surface area contributed by atoms with Crippen molar-refractivity contribution in [2.45, 2.75) is 44.9 Å². The van der Waals surface area contributed by atoms with Crippen molar-refractivity contribution >= 4 is 11.0 Å². The summed E-state index contributed by atoms with van der Waals surface area (Å²) >= 11 is 0. The lowest BCUT2D eigenvalue weighted by atomic mass is 10.2. The third-order valence-corrected chi connectivity index (χ3v) is 3.93. The highest BCUT2D eigenvalue weighted by Crippen LogP contribution is 2.34. The van der Waals surface area contributed by atoms with Gasteiger partial charge in [-0.15, -0.1) is 0 Å². The molecule has 2 aromatic rings. The molecule has 1 N–H and O–H groups in total. The van der Waals surface area contributed by atoms with Crippen LogP contribution >= 0.6 is 0 Å². The molecule has 1 aromatic carbocycles. The van der Waals surface area contributed by atoms with Gasteiger partial charge in [-0.3, -0.25) is 0 Å². The van der Waals surface area contributed by atoms with Crippen LogP contribution < -0.4 is 5.32 Å². The van der Waals surface area contributed by atoms with E-state index in [1.54, 1.807) is 0 Å². The molecule has 0 aliphatic carbocycles. The molecular weight excluding hydrogens is 279 g/mol. The zero-order valence-electron chi connectivity index (χ0n) is 12.0. The van der Waals surface area contributed by atoms with E-state index >= 15 is 0 Å². The maximum absolute atomic E-state index is 12.8. The van der Waals surface area contributed by atoms with E-state index in [4.69, 9.17) is 0 Å². The summed E-state index contributed by atoms with van der Waals surface area (Å²) in [4.78, 5) is 4.49. The van der Waals surface area contributed by atoms with Crippen LogP contribution in [0.25, 0.3) is 11.0 Å². The van der Waals surface area contributed by atoms with Crippen LogP contribution in [0.15, 0.2) is 18.2 Å². The first-order valence-corrected chi connectivity index (χ1v) is 7.20. The number of fused-ring (bicyclic) bond motifs is 1. The Balaban J connectivity index is 2.16. The lowest BCUT2D eigenvalue weighted by Gasteiger charge is -2.17. The number of imidazole rings is 1. The Morgan fingerprint density at radius 3 is 2.67 bits per heavy atom. The first-order valence-electron chi connectivity index (χ1n) is 7.20. The number of benzene rings is 1. The number of alkyl halides is 3. The van der Waals surface area contributed by atoms with E-state index in [-0.39, 0.29) is 12.1 Å². The van der Waals surface area contributed by atoms with Crippen LogP contribution in [-0.2, 0) is 6.18 Å². The summed E-state index contributed by atoms with van der Waals surface area (Å²) in [6, 6.07) is 4.10. The van der Waals surface area contributed by atoms with E-state index < -0.39 is 11.7 Å². The maximum Gasteiger partial charge on any atom is 0.416 e. The number of rotatable bonds is 2. The van der Waals surface area contributed by atoms with Gasteiger partial charge in [0.1, 0.15) is 5.82 Å². The molecule has 1 fully saturated rings. The second-order valence-electron chi connectivity index (χ2n) is 5.78. The van der Waals surface area contributed by atoms with Gasteiger partial charge in [0.15, 0.2) is 0 Å². The van der Waals surface area contributed by atoms with Gasteiger partial charge in [-0.25, -0.2) is 4.98 Å². The number of hydrogen-bond acceptors (Lipinski definition) is 2. The van der Waals surface area contributed by atoms with Gasteiger partial charge < -0.3 is 9.88 Å². The Morgan fingerprint density at radius 2 is 2.10 bits per heavy atom. The van der Waals surface area contributed by atoms with Crippen LogP contribution in [0.1, 0.15) is 50.2 Å². The first-order chi connectivity index (χ1) is 9.88. The summed E-state index contributed by atoms with van der Waals surface area (Å²) in [6.45, 7) is 4.98. The fourth-order valence-electron chi connectivity index (χ4n) is 2.99. The highest BCUT2D eigenvalue weighted by Gasteiger charge is 2.32. The fourth-order valence-corrected chi connectivity index (χ4v) is 2.99. The molecule has 0 amide bonds. The molecule has 114 valence electrons. The average molecular weight is 297 g/mol. The lowest BCUT2D eigenvalue weighted by Crippen LogP contribution is -2.19. The maximum atomic E-state index is 12.8. The van der Waals surface area contributed by atoms with E-state index in [2.05, 4.69) is 10.3 Å². The van der Waals surface area contributed by atoms with Crippen molar-refractivity contribution in [2.75, 3.05) is 6.54 Å². The van der Waals surface area contributed by atoms with Gasteiger partial charge in [0.25, 0.3) is 0 Å².